The number of benzene rings is 1. The van der Waals surface area contributed by atoms with Crippen LogP contribution in [0.4, 0.5) is 26.3 Å². The summed E-state index contributed by atoms with van der Waals surface area (Å²) in [5, 5.41) is 9.08. The van der Waals surface area contributed by atoms with E-state index in [4.69, 9.17) is 0 Å². The van der Waals surface area contributed by atoms with Crippen LogP contribution in [0.3, 0.4) is 0 Å². The first-order chi connectivity index (χ1) is 8.62. The third-order valence-corrected chi connectivity index (χ3v) is 2.42. The van der Waals surface area contributed by atoms with Crippen molar-refractivity contribution in [2.75, 3.05) is 0 Å². The molecule has 0 unspecified atom stereocenters. The largest absolute Gasteiger partial charge is 0.507 e. The highest BCUT2D eigenvalue weighted by molar-refractivity contribution is 5.86. The van der Waals surface area contributed by atoms with Gasteiger partial charge in [-0.3, -0.25) is 0 Å². The summed E-state index contributed by atoms with van der Waals surface area (Å²) in [7, 11) is 0. The van der Waals surface area contributed by atoms with E-state index in [0.29, 0.717) is 0 Å². The molecule has 1 aromatic carbocycles. The third kappa shape index (κ3) is 2.29. The molecule has 0 aliphatic rings. The average molecular weight is 281 g/mol. The van der Waals surface area contributed by atoms with E-state index >= 15 is 0 Å². The molecule has 2 nitrogen and oxygen atoms in total. The molecule has 2 aromatic rings. The second kappa shape index (κ2) is 4.01. The van der Waals surface area contributed by atoms with E-state index in [0.717, 1.165) is 12.1 Å². The van der Waals surface area contributed by atoms with Crippen molar-refractivity contribution in [3.05, 3.63) is 35.5 Å². The van der Waals surface area contributed by atoms with Crippen LogP contribution >= 0.6 is 0 Å². The second-order valence-corrected chi connectivity index (χ2v) is 3.70. The first kappa shape index (κ1) is 13.4. The van der Waals surface area contributed by atoms with Crippen LogP contribution in [0.2, 0.25) is 0 Å². The minimum atomic E-state index is -5.36. The summed E-state index contributed by atoms with van der Waals surface area (Å²) in [5.74, 6) is -1.47. The highest BCUT2D eigenvalue weighted by atomic mass is 19.4. The quantitative estimate of drug-likeness (QED) is 0.741. The van der Waals surface area contributed by atoms with Gasteiger partial charge in [-0.2, -0.15) is 26.3 Å². The standard InChI is InChI=1S/C11H5F6NO/c12-10(13,14)7-8(19)5-3-1-2-4-6(5)18-9(7)11(15,16)17/h1-4H,(H,18,19). The Hall–Kier alpha value is -1.99. The van der Waals surface area contributed by atoms with Crippen molar-refractivity contribution in [1.29, 1.82) is 0 Å². The number of aromatic nitrogens is 1. The number of fused-ring (bicyclic) bond motifs is 1. The van der Waals surface area contributed by atoms with Crippen LogP contribution in [0.25, 0.3) is 10.9 Å². The van der Waals surface area contributed by atoms with Gasteiger partial charge in [0.05, 0.1) is 5.52 Å². The molecule has 0 fully saturated rings. The fourth-order valence-corrected chi connectivity index (χ4v) is 1.67. The number of halogens is 6. The highest BCUT2D eigenvalue weighted by Gasteiger charge is 2.47. The lowest BCUT2D eigenvalue weighted by Crippen LogP contribution is -2.19. The van der Waals surface area contributed by atoms with Gasteiger partial charge in [0.2, 0.25) is 0 Å². The molecule has 1 N–H and O–H groups in total. The van der Waals surface area contributed by atoms with Gasteiger partial charge >= 0.3 is 12.4 Å². The lowest BCUT2D eigenvalue weighted by Gasteiger charge is -2.17. The van der Waals surface area contributed by atoms with Crippen LogP contribution in [0.5, 0.6) is 5.75 Å². The van der Waals surface area contributed by atoms with Crippen LogP contribution in [-0.4, -0.2) is 10.1 Å². The van der Waals surface area contributed by atoms with Gasteiger partial charge in [0.15, 0.2) is 5.69 Å². The van der Waals surface area contributed by atoms with E-state index in [2.05, 4.69) is 4.98 Å². The SMILES string of the molecule is Oc1c(C(F)(F)F)c(C(F)(F)F)nc2ccccc12. The summed E-state index contributed by atoms with van der Waals surface area (Å²) in [5.41, 5.74) is -4.67. The molecular formula is C11H5F6NO. The maximum absolute atomic E-state index is 12.7. The van der Waals surface area contributed by atoms with E-state index in [1.165, 1.54) is 12.1 Å². The van der Waals surface area contributed by atoms with Gasteiger partial charge < -0.3 is 5.11 Å². The number of hydrogen-bond acceptors (Lipinski definition) is 2. The summed E-state index contributed by atoms with van der Waals surface area (Å²) in [6, 6.07) is 4.75. The Morgan fingerprint density at radius 1 is 0.895 bits per heavy atom. The fraction of sp³-hybridized carbons (Fsp3) is 0.182. The Labute approximate surface area is 102 Å². The second-order valence-electron chi connectivity index (χ2n) is 3.70. The topological polar surface area (TPSA) is 33.1 Å². The van der Waals surface area contributed by atoms with Gasteiger partial charge in [-0.05, 0) is 12.1 Å². The summed E-state index contributed by atoms with van der Waals surface area (Å²) in [4.78, 5) is 2.97. The lowest BCUT2D eigenvalue weighted by atomic mass is 10.1. The number of rotatable bonds is 0. The maximum atomic E-state index is 12.7. The molecule has 0 spiro atoms. The molecule has 19 heavy (non-hydrogen) atoms. The molecule has 102 valence electrons. The number of nitrogens with zero attached hydrogens (tertiary/aromatic N) is 1. The zero-order valence-electron chi connectivity index (χ0n) is 8.97. The van der Waals surface area contributed by atoms with Crippen molar-refractivity contribution < 1.29 is 31.4 Å². The molecule has 0 aliphatic carbocycles. The number of para-hydroxylation sites is 1. The molecule has 0 aliphatic heterocycles. The number of pyridine rings is 1. The Morgan fingerprint density at radius 2 is 1.47 bits per heavy atom. The summed E-state index contributed by atoms with van der Waals surface area (Å²) in [6.45, 7) is 0. The minimum Gasteiger partial charge on any atom is -0.507 e. The molecular weight excluding hydrogens is 276 g/mol. The summed E-state index contributed by atoms with van der Waals surface area (Å²) < 4.78 is 75.8. The van der Waals surface area contributed by atoms with Gasteiger partial charge in [0, 0.05) is 5.39 Å². The van der Waals surface area contributed by atoms with Gasteiger partial charge in [-0.15, -0.1) is 0 Å². The predicted octanol–water partition coefficient (Wildman–Crippen LogP) is 3.98. The number of alkyl halides is 6. The highest BCUT2D eigenvalue weighted by Crippen LogP contribution is 2.45. The Morgan fingerprint density at radius 3 is 2.00 bits per heavy atom. The van der Waals surface area contributed by atoms with Gasteiger partial charge in [0.1, 0.15) is 11.3 Å². The Kier molecular flexibility index (Phi) is 2.83. The summed E-state index contributed by atoms with van der Waals surface area (Å²) in [6.07, 6.45) is -10.7. The molecule has 0 saturated heterocycles. The molecule has 2 rings (SSSR count). The van der Waals surface area contributed by atoms with Gasteiger partial charge in [0.25, 0.3) is 0 Å². The van der Waals surface area contributed by atoms with Crippen LogP contribution in [0.1, 0.15) is 11.3 Å². The smallest absolute Gasteiger partial charge is 0.434 e. The summed E-state index contributed by atoms with van der Waals surface area (Å²) >= 11 is 0. The molecule has 8 heteroatoms. The molecule has 0 amide bonds. The van der Waals surface area contributed by atoms with Crippen LogP contribution in [0, 0.1) is 0 Å². The molecule has 0 saturated carbocycles. The Bertz CT molecular complexity index is 631. The van der Waals surface area contributed by atoms with Gasteiger partial charge in [-0.1, -0.05) is 12.1 Å². The predicted molar refractivity (Wildman–Crippen MR) is 53.4 cm³/mol. The van der Waals surface area contributed by atoms with E-state index in [-0.39, 0.29) is 10.9 Å². The van der Waals surface area contributed by atoms with Crippen molar-refractivity contribution in [2.24, 2.45) is 0 Å². The minimum absolute atomic E-state index is 0.361. The third-order valence-electron chi connectivity index (χ3n) is 2.42. The monoisotopic (exact) mass is 281 g/mol. The van der Waals surface area contributed by atoms with Crippen LogP contribution < -0.4 is 0 Å². The van der Waals surface area contributed by atoms with Crippen molar-refractivity contribution in [2.45, 2.75) is 12.4 Å². The zero-order valence-corrected chi connectivity index (χ0v) is 8.97. The van der Waals surface area contributed by atoms with Crippen molar-refractivity contribution in [3.8, 4) is 5.75 Å². The van der Waals surface area contributed by atoms with Gasteiger partial charge in [-0.25, -0.2) is 4.98 Å². The van der Waals surface area contributed by atoms with E-state index in [9.17, 15) is 31.4 Å². The first-order valence-corrected chi connectivity index (χ1v) is 4.88. The van der Waals surface area contributed by atoms with E-state index in [1.807, 2.05) is 0 Å². The molecule has 0 atom stereocenters. The number of hydrogen-bond donors (Lipinski definition) is 1. The maximum Gasteiger partial charge on any atom is 0.434 e. The van der Waals surface area contributed by atoms with Crippen LogP contribution in [-0.2, 0) is 12.4 Å². The van der Waals surface area contributed by atoms with E-state index in [1.54, 1.807) is 0 Å². The Balaban J connectivity index is 2.93. The lowest BCUT2D eigenvalue weighted by molar-refractivity contribution is -0.165. The molecule has 1 aromatic heterocycles. The van der Waals surface area contributed by atoms with E-state index < -0.39 is 29.4 Å². The van der Waals surface area contributed by atoms with Crippen molar-refractivity contribution in [3.63, 3.8) is 0 Å². The van der Waals surface area contributed by atoms with Crippen LogP contribution in [0.15, 0.2) is 24.3 Å². The molecule has 1 heterocycles. The first-order valence-electron chi connectivity index (χ1n) is 4.88. The molecule has 0 bridgehead atoms. The molecule has 0 radical (unpaired) electrons. The normalized spacial score (nSPS) is 12.9. The van der Waals surface area contributed by atoms with Crippen molar-refractivity contribution >= 4 is 10.9 Å². The van der Waals surface area contributed by atoms with Crippen molar-refractivity contribution in [1.82, 2.24) is 4.98 Å². The average Bonchev–Trinajstić information content (AvgIpc) is 2.26. The number of aromatic hydroxyl groups is 1. The fourth-order valence-electron chi connectivity index (χ4n) is 1.67. The zero-order chi connectivity index (χ0) is 14.4.